The zero-order valence-electron chi connectivity index (χ0n) is 8.59. The van der Waals surface area contributed by atoms with Crippen molar-refractivity contribution in [1.82, 2.24) is 0 Å². The monoisotopic (exact) mass is 213 g/mol. The Hall–Kier alpha value is -0.890. The molecule has 0 saturated heterocycles. The van der Waals surface area contributed by atoms with Crippen LogP contribution in [0.5, 0.6) is 5.75 Å². The predicted octanol–water partition coefficient (Wildman–Crippen LogP) is 3.49. The molecular formula is C11H16ClNO. The van der Waals surface area contributed by atoms with Crippen LogP contribution in [0.4, 0.5) is 5.69 Å². The Morgan fingerprint density at radius 2 is 2.00 bits per heavy atom. The Morgan fingerprint density at radius 3 is 2.57 bits per heavy atom. The quantitative estimate of drug-likeness (QED) is 0.778. The number of halogens is 1. The van der Waals surface area contributed by atoms with Gasteiger partial charge in [0.05, 0.1) is 11.8 Å². The molecule has 2 N–H and O–H groups in total. The van der Waals surface area contributed by atoms with Gasteiger partial charge in [0.25, 0.3) is 0 Å². The smallest absolute Gasteiger partial charge is 0.144 e. The standard InChI is InChI=1S/C11H16ClNO/c1-3-9(4-2)14-11-7-8(12)5-6-10(11)13/h5-7,9H,3-4,13H2,1-2H3. The van der Waals surface area contributed by atoms with Crippen LogP contribution >= 0.6 is 11.6 Å². The van der Waals surface area contributed by atoms with Crippen molar-refractivity contribution in [2.24, 2.45) is 0 Å². The molecule has 0 amide bonds. The lowest BCUT2D eigenvalue weighted by Gasteiger charge is -2.17. The number of nitrogens with two attached hydrogens (primary N) is 1. The highest BCUT2D eigenvalue weighted by Gasteiger charge is 2.08. The number of anilines is 1. The van der Waals surface area contributed by atoms with Crippen molar-refractivity contribution in [2.45, 2.75) is 32.8 Å². The van der Waals surface area contributed by atoms with Crippen LogP contribution in [0.2, 0.25) is 5.02 Å². The summed E-state index contributed by atoms with van der Waals surface area (Å²) in [6, 6.07) is 5.28. The molecule has 1 rings (SSSR count). The second-order valence-corrected chi connectivity index (χ2v) is 3.67. The maximum atomic E-state index is 5.85. The van der Waals surface area contributed by atoms with Gasteiger partial charge in [-0.25, -0.2) is 0 Å². The molecule has 0 atom stereocenters. The van der Waals surface area contributed by atoms with Crippen molar-refractivity contribution in [1.29, 1.82) is 0 Å². The Bertz CT molecular complexity index is 297. The second kappa shape index (κ2) is 5.11. The summed E-state index contributed by atoms with van der Waals surface area (Å²) >= 11 is 5.85. The van der Waals surface area contributed by atoms with Crippen molar-refractivity contribution in [3.8, 4) is 5.75 Å². The molecule has 0 heterocycles. The van der Waals surface area contributed by atoms with E-state index in [1.54, 1.807) is 18.2 Å². The van der Waals surface area contributed by atoms with E-state index in [0.717, 1.165) is 12.8 Å². The third-order valence-electron chi connectivity index (χ3n) is 2.18. The summed E-state index contributed by atoms with van der Waals surface area (Å²) in [5, 5.41) is 0.653. The van der Waals surface area contributed by atoms with E-state index < -0.39 is 0 Å². The number of ether oxygens (including phenoxy) is 1. The highest BCUT2D eigenvalue weighted by atomic mass is 35.5. The fraction of sp³-hybridized carbons (Fsp3) is 0.455. The molecule has 0 aliphatic carbocycles. The SMILES string of the molecule is CCC(CC)Oc1cc(Cl)ccc1N. The predicted molar refractivity (Wildman–Crippen MR) is 60.9 cm³/mol. The average Bonchev–Trinajstić information content (AvgIpc) is 2.19. The largest absolute Gasteiger partial charge is 0.488 e. The third kappa shape index (κ3) is 2.81. The van der Waals surface area contributed by atoms with Crippen LogP contribution in [0.15, 0.2) is 18.2 Å². The summed E-state index contributed by atoms with van der Waals surface area (Å²) in [6.45, 7) is 4.18. The van der Waals surface area contributed by atoms with Gasteiger partial charge in [0.1, 0.15) is 5.75 Å². The molecular weight excluding hydrogens is 198 g/mol. The number of nitrogen functional groups attached to an aromatic ring is 1. The topological polar surface area (TPSA) is 35.2 Å². The Labute approximate surface area is 90.0 Å². The molecule has 3 heteroatoms. The molecule has 0 aliphatic heterocycles. The summed E-state index contributed by atoms with van der Waals surface area (Å²) in [5.41, 5.74) is 6.40. The molecule has 1 aromatic rings. The van der Waals surface area contributed by atoms with E-state index in [0.29, 0.717) is 16.5 Å². The van der Waals surface area contributed by atoms with Crippen molar-refractivity contribution in [3.05, 3.63) is 23.2 Å². The van der Waals surface area contributed by atoms with E-state index in [2.05, 4.69) is 13.8 Å². The summed E-state index contributed by atoms with van der Waals surface area (Å²) < 4.78 is 5.71. The molecule has 78 valence electrons. The van der Waals surface area contributed by atoms with E-state index in [1.807, 2.05) is 0 Å². The van der Waals surface area contributed by atoms with Crippen LogP contribution in [0.1, 0.15) is 26.7 Å². The number of benzene rings is 1. The zero-order chi connectivity index (χ0) is 10.6. The molecule has 0 spiro atoms. The average molecular weight is 214 g/mol. The normalized spacial score (nSPS) is 10.6. The highest BCUT2D eigenvalue weighted by Crippen LogP contribution is 2.27. The molecule has 2 nitrogen and oxygen atoms in total. The minimum absolute atomic E-state index is 0.218. The lowest BCUT2D eigenvalue weighted by Crippen LogP contribution is -2.14. The van der Waals surface area contributed by atoms with Crippen molar-refractivity contribution >= 4 is 17.3 Å². The van der Waals surface area contributed by atoms with Crippen LogP contribution < -0.4 is 10.5 Å². The van der Waals surface area contributed by atoms with E-state index >= 15 is 0 Å². The van der Waals surface area contributed by atoms with Gasteiger partial charge in [0.2, 0.25) is 0 Å². The molecule has 14 heavy (non-hydrogen) atoms. The minimum atomic E-state index is 0.218. The molecule has 0 fully saturated rings. The maximum absolute atomic E-state index is 5.85. The Kier molecular flexibility index (Phi) is 4.08. The number of hydrogen-bond donors (Lipinski definition) is 1. The van der Waals surface area contributed by atoms with E-state index in [9.17, 15) is 0 Å². The Balaban J connectivity index is 2.79. The second-order valence-electron chi connectivity index (χ2n) is 3.24. The van der Waals surface area contributed by atoms with Crippen LogP contribution in [0.3, 0.4) is 0 Å². The summed E-state index contributed by atoms with van der Waals surface area (Å²) in [7, 11) is 0. The van der Waals surface area contributed by atoms with Gasteiger partial charge < -0.3 is 10.5 Å². The zero-order valence-corrected chi connectivity index (χ0v) is 9.34. The van der Waals surface area contributed by atoms with Crippen LogP contribution in [0.25, 0.3) is 0 Å². The van der Waals surface area contributed by atoms with Gasteiger partial charge in [0.15, 0.2) is 0 Å². The van der Waals surface area contributed by atoms with E-state index in [1.165, 1.54) is 0 Å². The summed E-state index contributed by atoms with van der Waals surface area (Å²) in [4.78, 5) is 0. The van der Waals surface area contributed by atoms with Gasteiger partial charge >= 0.3 is 0 Å². The molecule has 1 aromatic carbocycles. The first-order valence-corrected chi connectivity index (χ1v) is 5.26. The summed E-state index contributed by atoms with van der Waals surface area (Å²) in [6.07, 6.45) is 2.17. The number of rotatable bonds is 4. The fourth-order valence-corrected chi connectivity index (χ4v) is 1.41. The van der Waals surface area contributed by atoms with E-state index in [-0.39, 0.29) is 6.10 Å². The highest BCUT2D eigenvalue weighted by molar-refractivity contribution is 6.30. The maximum Gasteiger partial charge on any atom is 0.144 e. The Morgan fingerprint density at radius 1 is 1.36 bits per heavy atom. The lowest BCUT2D eigenvalue weighted by atomic mass is 10.2. The van der Waals surface area contributed by atoms with Crippen LogP contribution in [-0.4, -0.2) is 6.10 Å². The van der Waals surface area contributed by atoms with Gasteiger partial charge in [-0.05, 0) is 25.0 Å². The molecule has 0 radical (unpaired) electrons. The molecule has 0 bridgehead atoms. The molecule has 0 aliphatic rings. The van der Waals surface area contributed by atoms with Gasteiger partial charge in [-0.3, -0.25) is 0 Å². The van der Waals surface area contributed by atoms with E-state index in [4.69, 9.17) is 22.1 Å². The third-order valence-corrected chi connectivity index (χ3v) is 2.42. The summed E-state index contributed by atoms with van der Waals surface area (Å²) in [5.74, 6) is 0.686. The molecule has 0 unspecified atom stereocenters. The van der Waals surface area contributed by atoms with Gasteiger partial charge in [0, 0.05) is 11.1 Å². The van der Waals surface area contributed by atoms with Crippen LogP contribution in [0, 0.1) is 0 Å². The first-order valence-electron chi connectivity index (χ1n) is 4.89. The lowest BCUT2D eigenvalue weighted by molar-refractivity contribution is 0.194. The number of hydrogen-bond acceptors (Lipinski definition) is 2. The minimum Gasteiger partial charge on any atom is -0.488 e. The first-order chi connectivity index (χ1) is 6.67. The van der Waals surface area contributed by atoms with Crippen LogP contribution in [-0.2, 0) is 0 Å². The molecule has 0 saturated carbocycles. The first kappa shape index (κ1) is 11.2. The van der Waals surface area contributed by atoms with Crippen molar-refractivity contribution < 1.29 is 4.74 Å². The van der Waals surface area contributed by atoms with Gasteiger partial charge in [-0.2, -0.15) is 0 Å². The van der Waals surface area contributed by atoms with Gasteiger partial charge in [-0.1, -0.05) is 25.4 Å². The van der Waals surface area contributed by atoms with Gasteiger partial charge in [-0.15, -0.1) is 0 Å². The fourth-order valence-electron chi connectivity index (χ4n) is 1.25. The van der Waals surface area contributed by atoms with Crippen molar-refractivity contribution in [2.75, 3.05) is 5.73 Å². The molecule has 0 aromatic heterocycles. The van der Waals surface area contributed by atoms with Crippen molar-refractivity contribution in [3.63, 3.8) is 0 Å².